The molecule has 0 spiro atoms. The number of carbonyl (C=O) groups excluding carboxylic acids is 1. The quantitative estimate of drug-likeness (QED) is 0.0442. The van der Waals surface area contributed by atoms with Crippen molar-refractivity contribution >= 4 is 35.8 Å². The van der Waals surface area contributed by atoms with E-state index in [0.29, 0.717) is 28.6 Å². The maximum absolute atomic E-state index is 13.5. The Morgan fingerprint density at radius 2 is 1.39 bits per heavy atom. The topological polar surface area (TPSA) is 140 Å². The molecule has 0 amide bonds. The SMILES string of the molecule is COCCO[C@H]1C(OP(SCCSC(=O)c2ccccc2)N2CCCC2)[C@@H](COC(c2ccccc2)(c2ccc(OC)cc2)c2ccc(OC)cc2)O[C@H]1n1ccc(=O)[nH]c1=O. The van der Waals surface area contributed by atoms with E-state index >= 15 is 0 Å². The van der Waals surface area contributed by atoms with Crippen LogP contribution >= 0.6 is 30.6 Å². The third kappa shape index (κ3) is 10.9. The van der Waals surface area contributed by atoms with Gasteiger partial charge in [-0.1, -0.05) is 108 Å². The van der Waals surface area contributed by atoms with E-state index in [1.807, 2.05) is 109 Å². The fourth-order valence-electron chi connectivity index (χ4n) is 7.60. The minimum atomic E-state index is -1.31. The van der Waals surface area contributed by atoms with Crippen LogP contribution in [0.2, 0.25) is 0 Å². The zero-order valence-electron chi connectivity index (χ0n) is 35.0. The van der Waals surface area contributed by atoms with Crippen molar-refractivity contribution in [2.24, 2.45) is 0 Å². The van der Waals surface area contributed by atoms with E-state index in [9.17, 15) is 14.4 Å². The number of nitrogens with zero attached hydrogens (tertiary/aromatic N) is 2. The number of aromatic nitrogens is 2. The van der Waals surface area contributed by atoms with Crippen molar-refractivity contribution in [3.63, 3.8) is 0 Å². The van der Waals surface area contributed by atoms with E-state index in [4.69, 9.17) is 32.9 Å². The number of thioether (sulfide) groups is 1. The molecule has 0 radical (unpaired) electrons. The molecular weight excluding hydrogens is 850 g/mol. The number of hydrogen-bond acceptors (Lipinski definition) is 13. The van der Waals surface area contributed by atoms with E-state index in [2.05, 4.69) is 9.65 Å². The molecule has 62 heavy (non-hydrogen) atoms. The Balaban J connectivity index is 1.26. The smallest absolute Gasteiger partial charge is 0.330 e. The van der Waals surface area contributed by atoms with Gasteiger partial charge in [0.2, 0.25) is 5.12 Å². The van der Waals surface area contributed by atoms with Gasteiger partial charge in [0, 0.05) is 49.5 Å². The summed E-state index contributed by atoms with van der Waals surface area (Å²) in [7, 11) is 3.54. The van der Waals surface area contributed by atoms with Crippen molar-refractivity contribution in [1.29, 1.82) is 0 Å². The van der Waals surface area contributed by atoms with Crippen LogP contribution in [-0.2, 0) is 29.1 Å². The highest BCUT2D eigenvalue weighted by Gasteiger charge is 2.51. The minimum absolute atomic E-state index is 0.00830. The van der Waals surface area contributed by atoms with Crippen molar-refractivity contribution in [3.8, 4) is 11.5 Å². The van der Waals surface area contributed by atoms with Crippen molar-refractivity contribution in [2.75, 3.05) is 65.7 Å². The van der Waals surface area contributed by atoms with Crippen LogP contribution in [-0.4, -0.2) is 103 Å². The summed E-state index contributed by atoms with van der Waals surface area (Å²) < 4.78 is 48.3. The van der Waals surface area contributed by atoms with Crippen molar-refractivity contribution in [3.05, 3.63) is 165 Å². The molecule has 5 aromatic rings. The highest BCUT2D eigenvalue weighted by atomic mass is 32.7. The van der Waals surface area contributed by atoms with Crippen molar-refractivity contribution in [1.82, 2.24) is 14.2 Å². The molecule has 328 valence electrons. The van der Waals surface area contributed by atoms with Crippen LogP contribution < -0.4 is 20.7 Å². The van der Waals surface area contributed by atoms with Crippen LogP contribution in [0, 0.1) is 0 Å². The molecule has 2 aliphatic heterocycles. The Kier molecular flexibility index (Phi) is 16.5. The molecule has 0 bridgehead atoms. The molecule has 2 unspecified atom stereocenters. The summed E-state index contributed by atoms with van der Waals surface area (Å²) in [6, 6.07) is 36.1. The van der Waals surface area contributed by atoms with E-state index in [1.54, 1.807) is 32.7 Å². The Morgan fingerprint density at radius 3 is 1.98 bits per heavy atom. The van der Waals surface area contributed by atoms with Gasteiger partial charge >= 0.3 is 5.69 Å². The van der Waals surface area contributed by atoms with Crippen LogP contribution in [0.25, 0.3) is 0 Å². The molecule has 1 aromatic heterocycles. The second-order valence-corrected chi connectivity index (χ2v) is 19.2. The number of rotatable bonds is 21. The maximum atomic E-state index is 13.5. The summed E-state index contributed by atoms with van der Waals surface area (Å²) in [4.78, 5) is 41.1. The van der Waals surface area contributed by atoms with E-state index < -0.39 is 48.9 Å². The number of benzene rings is 4. The van der Waals surface area contributed by atoms with Gasteiger partial charge in [0.15, 0.2) is 13.7 Å². The predicted octanol–water partition coefficient (Wildman–Crippen LogP) is 7.51. The lowest BCUT2D eigenvalue weighted by atomic mass is 9.80. The molecule has 16 heteroatoms. The van der Waals surface area contributed by atoms with Gasteiger partial charge in [-0.2, -0.15) is 0 Å². The van der Waals surface area contributed by atoms with Gasteiger partial charge in [0.25, 0.3) is 5.56 Å². The zero-order valence-corrected chi connectivity index (χ0v) is 37.5. The third-order valence-corrected chi connectivity index (χ3v) is 15.9. The number of ether oxygens (including phenoxy) is 6. The lowest BCUT2D eigenvalue weighted by Crippen LogP contribution is -2.42. The predicted molar refractivity (Wildman–Crippen MR) is 243 cm³/mol. The fourth-order valence-corrected chi connectivity index (χ4v) is 12.9. The maximum Gasteiger partial charge on any atom is 0.330 e. The number of carbonyl (C=O) groups is 1. The zero-order chi connectivity index (χ0) is 43.3. The van der Waals surface area contributed by atoms with Gasteiger partial charge in [-0.3, -0.25) is 23.8 Å². The van der Waals surface area contributed by atoms with Crippen molar-refractivity contribution in [2.45, 2.75) is 43.0 Å². The minimum Gasteiger partial charge on any atom is -0.497 e. The average Bonchev–Trinajstić information content (AvgIpc) is 3.97. The van der Waals surface area contributed by atoms with Crippen LogP contribution in [0.4, 0.5) is 0 Å². The third-order valence-electron chi connectivity index (χ3n) is 10.7. The molecule has 7 rings (SSSR count). The fraction of sp³-hybridized carbons (Fsp3) is 0.370. The Labute approximate surface area is 371 Å². The number of H-pyrrole nitrogens is 1. The van der Waals surface area contributed by atoms with Crippen molar-refractivity contribution < 1.29 is 37.7 Å². The highest BCUT2D eigenvalue weighted by Crippen LogP contribution is 2.58. The van der Waals surface area contributed by atoms with E-state index in [-0.39, 0.29) is 24.9 Å². The lowest BCUT2D eigenvalue weighted by Gasteiger charge is -2.38. The van der Waals surface area contributed by atoms with Crippen LogP contribution in [0.1, 0.15) is 46.1 Å². The lowest BCUT2D eigenvalue weighted by molar-refractivity contribution is -0.0989. The van der Waals surface area contributed by atoms with Gasteiger partial charge in [-0.25, -0.2) is 4.79 Å². The summed E-state index contributed by atoms with van der Waals surface area (Å²) in [6.45, 7) is 2.17. The van der Waals surface area contributed by atoms with Gasteiger partial charge in [-0.05, 0) is 53.8 Å². The molecule has 2 fully saturated rings. The molecular formula is C46H52N3O10PS2. The molecule has 5 atom stereocenters. The van der Waals surface area contributed by atoms with Gasteiger partial charge < -0.3 is 32.9 Å². The summed E-state index contributed by atoms with van der Waals surface area (Å²) >= 11 is 2.97. The normalized spacial score (nSPS) is 19.7. The van der Waals surface area contributed by atoms with E-state index in [1.165, 1.54) is 28.6 Å². The standard InChI is InChI=1S/C46H52N3O10PS2/c1-53-28-29-56-42-41(59-60(48-25-10-11-26-48)62-31-30-61-44(51)33-12-6-4-7-13-33)39(58-43(42)49-27-24-40(50)47-45(49)52)32-57-46(34-14-8-5-9-15-34,35-16-20-37(54-2)21-17-35)36-18-22-38(55-3)23-19-36/h4-9,12-24,27,39,41-43H,10-11,25-26,28-32H2,1-3H3,(H,47,50,52)/t39-,41?,42+,43-,60?/m1/s1. The molecule has 2 saturated heterocycles. The van der Waals surface area contributed by atoms with Gasteiger partial charge in [-0.15, -0.1) is 0 Å². The first-order valence-corrected chi connectivity index (χ1v) is 24.3. The first-order valence-electron chi connectivity index (χ1n) is 20.5. The first-order chi connectivity index (χ1) is 30.3. The van der Waals surface area contributed by atoms with Crippen LogP contribution in [0.15, 0.2) is 131 Å². The van der Waals surface area contributed by atoms with E-state index in [0.717, 1.165) is 42.6 Å². The summed E-state index contributed by atoms with van der Waals surface area (Å²) in [5, 5.41) is 0.0236. The molecule has 0 saturated carbocycles. The van der Waals surface area contributed by atoms with Crippen LogP contribution in [0.3, 0.4) is 0 Å². The summed E-state index contributed by atoms with van der Waals surface area (Å²) in [6.07, 6.45) is 0.122. The molecule has 4 aromatic carbocycles. The Hall–Kier alpha value is -4.28. The molecule has 1 N–H and O–H groups in total. The number of nitrogens with one attached hydrogen (secondary N) is 1. The average molecular weight is 902 g/mol. The second-order valence-electron chi connectivity index (χ2n) is 14.5. The Morgan fingerprint density at radius 1 is 0.774 bits per heavy atom. The Bertz CT molecular complexity index is 2230. The molecule has 2 aliphatic rings. The first kappa shape index (κ1) is 45.7. The number of hydrogen-bond donors (Lipinski definition) is 1. The molecule has 3 heterocycles. The van der Waals surface area contributed by atoms with Gasteiger partial charge in [0.05, 0.1) is 34.0 Å². The molecule has 0 aliphatic carbocycles. The molecule has 13 nitrogen and oxygen atoms in total. The largest absolute Gasteiger partial charge is 0.497 e. The summed E-state index contributed by atoms with van der Waals surface area (Å²) in [5.74, 6) is 2.64. The number of methoxy groups -OCH3 is 3. The second kappa shape index (κ2) is 22.4. The van der Waals surface area contributed by atoms with Crippen LogP contribution in [0.5, 0.6) is 11.5 Å². The monoisotopic (exact) mass is 901 g/mol. The van der Waals surface area contributed by atoms with Gasteiger partial charge in [0.1, 0.15) is 35.4 Å². The summed E-state index contributed by atoms with van der Waals surface area (Å²) in [5.41, 5.74) is 0.857. The highest BCUT2D eigenvalue weighted by molar-refractivity contribution is 8.53. The number of aromatic amines is 1.